The largest absolute Gasteiger partial charge is 0.399 e. The van der Waals surface area contributed by atoms with E-state index < -0.39 is 5.91 Å². The van der Waals surface area contributed by atoms with Crippen molar-refractivity contribution in [2.45, 2.75) is 45.2 Å². The molecule has 2 unspecified atom stereocenters. The number of rotatable bonds is 3. The maximum Gasteiger partial charge on any atom is 0.250 e. The standard InChI is InChI=1S/C14H22N4O/c1-9-4-3-5-10(2)18(9)17-13-7-6-11(15)8-12(13)14(16)19/h6-10,17H,3-5,15H2,1-2H3,(H2,16,19). The molecular weight excluding hydrogens is 240 g/mol. The monoisotopic (exact) mass is 262 g/mol. The van der Waals surface area contributed by atoms with Crippen LogP contribution in [0.25, 0.3) is 0 Å². The molecule has 0 spiro atoms. The summed E-state index contributed by atoms with van der Waals surface area (Å²) < 4.78 is 0. The van der Waals surface area contributed by atoms with Gasteiger partial charge in [0, 0.05) is 17.8 Å². The average Bonchev–Trinajstić information content (AvgIpc) is 2.35. The molecule has 1 aliphatic rings. The molecular formula is C14H22N4O. The maximum atomic E-state index is 11.5. The van der Waals surface area contributed by atoms with Gasteiger partial charge in [0.2, 0.25) is 0 Å². The molecule has 5 heteroatoms. The molecule has 1 saturated heterocycles. The van der Waals surface area contributed by atoms with Gasteiger partial charge < -0.3 is 16.9 Å². The third-order valence-electron chi connectivity index (χ3n) is 3.75. The molecule has 0 aromatic heterocycles. The summed E-state index contributed by atoms with van der Waals surface area (Å²) in [7, 11) is 0. The lowest BCUT2D eigenvalue weighted by Crippen LogP contribution is -2.47. The summed E-state index contributed by atoms with van der Waals surface area (Å²) >= 11 is 0. The van der Waals surface area contributed by atoms with Gasteiger partial charge in [-0.3, -0.25) is 4.79 Å². The summed E-state index contributed by atoms with van der Waals surface area (Å²) in [6.07, 6.45) is 3.54. The van der Waals surface area contributed by atoms with Crippen molar-refractivity contribution in [3.8, 4) is 0 Å². The van der Waals surface area contributed by atoms with Crippen LogP contribution in [0.5, 0.6) is 0 Å². The van der Waals surface area contributed by atoms with Crippen LogP contribution in [0.2, 0.25) is 0 Å². The van der Waals surface area contributed by atoms with Gasteiger partial charge in [0.1, 0.15) is 0 Å². The van der Waals surface area contributed by atoms with Crippen molar-refractivity contribution < 1.29 is 4.79 Å². The van der Waals surface area contributed by atoms with Crippen LogP contribution in [-0.4, -0.2) is 23.0 Å². The number of hydrazine groups is 1. The molecule has 0 saturated carbocycles. The summed E-state index contributed by atoms with van der Waals surface area (Å²) in [5.74, 6) is -0.466. The second kappa shape index (κ2) is 5.48. The van der Waals surface area contributed by atoms with Crippen molar-refractivity contribution in [1.29, 1.82) is 0 Å². The Morgan fingerprint density at radius 2 is 1.95 bits per heavy atom. The van der Waals surface area contributed by atoms with Crippen LogP contribution in [0.3, 0.4) is 0 Å². The minimum absolute atomic E-state index is 0.432. The van der Waals surface area contributed by atoms with E-state index in [-0.39, 0.29) is 0 Å². The van der Waals surface area contributed by atoms with E-state index >= 15 is 0 Å². The minimum atomic E-state index is -0.466. The lowest BCUT2D eigenvalue weighted by Gasteiger charge is -2.39. The van der Waals surface area contributed by atoms with Gasteiger partial charge in [0.05, 0.1) is 11.3 Å². The Kier molecular flexibility index (Phi) is 3.95. The van der Waals surface area contributed by atoms with Crippen LogP contribution in [0, 0.1) is 0 Å². The molecule has 0 radical (unpaired) electrons. The Morgan fingerprint density at radius 3 is 2.53 bits per heavy atom. The van der Waals surface area contributed by atoms with Gasteiger partial charge in [-0.15, -0.1) is 0 Å². The smallest absolute Gasteiger partial charge is 0.250 e. The lowest BCUT2D eigenvalue weighted by molar-refractivity contribution is 0.0998. The van der Waals surface area contributed by atoms with Crippen LogP contribution < -0.4 is 16.9 Å². The molecule has 1 aliphatic heterocycles. The van der Waals surface area contributed by atoms with E-state index in [1.807, 2.05) is 6.07 Å². The number of nitrogen functional groups attached to an aromatic ring is 1. The predicted octanol–water partition coefficient (Wildman–Crippen LogP) is 1.96. The number of hydrogen-bond donors (Lipinski definition) is 3. The Bertz CT molecular complexity index is 465. The second-order valence-electron chi connectivity index (χ2n) is 5.32. The number of benzene rings is 1. The molecule has 19 heavy (non-hydrogen) atoms. The number of amides is 1. The van der Waals surface area contributed by atoms with Gasteiger partial charge in [-0.25, -0.2) is 5.01 Å². The fraction of sp³-hybridized carbons (Fsp3) is 0.500. The first-order valence-corrected chi connectivity index (χ1v) is 6.73. The number of carbonyl (C=O) groups is 1. The molecule has 0 aliphatic carbocycles. The molecule has 2 rings (SSSR count). The van der Waals surface area contributed by atoms with E-state index in [1.54, 1.807) is 12.1 Å². The normalized spacial score (nSPS) is 24.1. The number of nitrogens with zero attached hydrogens (tertiary/aromatic N) is 1. The zero-order chi connectivity index (χ0) is 14.0. The summed E-state index contributed by atoms with van der Waals surface area (Å²) in [6.45, 7) is 4.37. The topological polar surface area (TPSA) is 84.4 Å². The molecule has 1 aromatic rings. The highest BCUT2D eigenvalue weighted by Crippen LogP contribution is 2.26. The molecule has 1 amide bonds. The van der Waals surface area contributed by atoms with Crippen LogP contribution >= 0.6 is 0 Å². The zero-order valence-corrected chi connectivity index (χ0v) is 11.5. The summed E-state index contributed by atoms with van der Waals surface area (Å²) in [6, 6.07) is 6.06. The molecule has 2 atom stereocenters. The Morgan fingerprint density at radius 1 is 1.32 bits per heavy atom. The number of hydrogen-bond acceptors (Lipinski definition) is 4. The van der Waals surface area contributed by atoms with Crippen LogP contribution in [0.1, 0.15) is 43.5 Å². The van der Waals surface area contributed by atoms with Crippen LogP contribution in [0.15, 0.2) is 18.2 Å². The maximum absolute atomic E-state index is 11.5. The number of nitrogens with one attached hydrogen (secondary N) is 1. The van der Waals surface area contributed by atoms with Gasteiger partial charge in [-0.2, -0.15) is 0 Å². The van der Waals surface area contributed by atoms with Crippen LogP contribution in [-0.2, 0) is 0 Å². The molecule has 0 bridgehead atoms. The van der Waals surface area contributed by atoms with E-state index in [0.717, 1.165) is 18.5 Å². The summed E-state index contributed by atoms with van der Waals surface area (Å²) in [5, 5.41) is 2.20. The third-order valence-corrected chi connectivity index (χ3v) is 3.75. The SMILES string of the molecule is CC1CCCC(C)N1Nc1ccc(N)cc1C(N)=O. The highest BCUT2D eigenvalue weighted by molar-refractivity contribution is 5.99. The molecule has 1 aromatic carbocycles. The van der Waals surface area contributed by atoms with E-state index in [1.165, 1.54) is 6.42 Å². The number of primary amides is 1. The first-order valence-electron chi connectivity index (χ1n) is 6.73. The van der Waals surface area contributed by atoms with Gasteiger partial charge in [0.15, 0.2) is 0 Å². The highest BCUT2D eigenvalue weighted by atomic mass is 16.1. The van der Waals surface area contributed by atoms with Crippen molar-refractivity contribution in [2.75, 3.05) is 11.2 Å². The first-order chi connectivity index (χ1) is 8.99. The third kappa shape index (κ3) is 2.98. The van der Waals surface area contributed by atoms with Crippen molar-refractivity contribution in [3.63, 3.8) is 0 Å². The van der Waals surface area contributed by atoms with Crippen molar-refractivity contribution >= 4 is 17.3 Å². The Labute approximate surface area is 113 Å². The van der Waals surface area contributed by atoms with E-state index in [2.05, 4.69) is 24.3 Å². The number of anilines is 2. The summed E-state index contributed by atoms with van der Waals surface area (Å²) in [4.78, 5) is 11.5. The van der Waals surface area contributed by atoms with Crippen LogP contribution in [0.4, 0.5) is 11.4 Å². The minimum Gasteiger partial charge on any atom is -0.399 e. The average molecular weight is 262 g/mol. The van der Waals surface area contributed by atoms with E-state index in [4.69, 9.17) is 11.5 Å². The molecule has 1 fully saturated rings. The summed E-state index contributed by atoms with van der Waals surface area (Å²) in [5.41, 5.74) is 16.1. The van der Waals surface area contributed by atoms with Crippen molar-refractivity contribution in [3.05, 3.63) is 23.8 Å². The van der Waals surface area contributed by atoms with Gasteiger partial charge in [0.25, 0.3) is 5.91 Å². The van der Waals surface area contributed by atoms with Gasteiger partial charge in [-0.05, 0) is 44.9 Å². The van der Waals surface area contributed by atoms with Crippen molar-refractivity contribution in [2.24, 2.45) is 5.73 Å². The second-order valence-corrected chi connectivity index (χ2v) is 5.32. The number of carbonyl (C=O) groups excluding carboxylic acids is 1. The number of piperidine rings is 1. The Balaban J connectivity index is 2.24. The molecule has 1 heterocycles. The predicted molar refractivity (Wildman–Crippen MR) is 77.6 cm³/mol. The fourth-order valence-corrected chi connectivity index (χ4v) is 2.64. The van der Waals surface area contributed by atoms with Crippen molar-refractivity contribution in [1.82, 2.24) is 5.01 Å². The molecule has 5 nitrogen and oxygen atoms in total. The lowest BCUT2D eigenvalue weighted by atomic mass is 9.99. The van der Waals surface area contributed by atoms with E-state index in [0.29, 0.717) is 23.3 Å². The molecule has 104 valence electrons. The fourth-order valence-electron chi connectivity index (χ4n) is 2.64. The number of nitrogens with two attached hydrogens (primary N) is 2. The molecule has 5 N–H and O–H groups in total. The van der Waals surface area contributed by atoms with Gasteiger partial charge in [-0.1, -0.05) is 6.42 Å². The highest BCUT2D eigenvalue weighted by Gasteiger charge is 2.25. The van der Waals surface area contributed by atoms with E-state index in [9.17, 15) is 4.79 Å². The first kappa shape index (κ1) is 13.7. The quantitative estimate of drug-likeness (QED) is 0.727. The zero-order valence-electron chi connectivity index (χ0n) is 11.5. The Hall–Kier alpha value is -1.75. The van der Waals surface area contributed by atoms with Gasteiger partial charge >= 0.3 is 0 Å².